The van der Waals surface area contributed by atoms with Crippen LogP contribution in [0.4, 0.5) is 0 Å². The van der Waals surface area contributed by atoms with Gasteiger partial charge in [0.05, 0.1) is 11.6 Å². The van der Waals surface area contributed by atoms with Crippen LogP contribution < -0.4 is 4.74 Å². The third-order valence-corrected chi connectivity index (χ3v) is 3.72. The molecule has 0 bridgehead atoms. The number of pyridine rings is 1. The lowest BCUT2D eigenvalue weighted by Crippen LogP contribution is -2.03. The molecule has 2 rings (SSSR count). The first kappa shape index (κ1) is 14.6. The summed E-state index contributed by atoms with van der Waals surface area (Å²) in [5.41, 5.74) is 2.13. The van der Waals surface area contributed by atoms with Gasteiger partial charge in [-0.05, 0) is 29.8 Å². The van der Waals surface area contributed by atoms with Gasteiger partial charge in [-0.25, -0.2) is 0 Å². The first-order valence-corrected chi connectivity index (χ1v) is 7.64. The molecular weight excluding hydrogens is 349 g/mol. The van der Waals surface area contributed by atoms with Crippen LogP contribution in [0.2, 0.25) is 10.0 Å². The molecule has 0 amide bonds. The summed E-state index contributed by atoms with van der Waals surface area (Å²) >= 11 is 15.5. The number of aromatic nitrogens is 1. The second-order valence-electron chi connectivity index (χ2n) is 3.96. The molecule has 2 nitrogen and oxygen atoms in total. The molecule has 100 valence electrons. The van der Waals surface area contributed by atoms with Crippen molar-refractivity contribution in [3.8, 4) is 5.75 Å². The maximum Gasteiger partial charge on any atom is 0.142 e. The van der Waals surface area contributed by atoms with Crippen LogP contribution in [-0.2, 0) is 11.8 Å². The molecule has 5 heteroatoms. The molecule has 0 aliphatic carbocycles. The molecule has 0 fully saturated rings. The van der Waals surface area contributed by atoms with E-state index >= 15 is 0 Å². The van der Waals surface area contributed by atoms with Gasteiger partial charge >= 0.3 is 0 Å². The highest BCUT2D eigenvalue weighted by atomic mass is 79.9. The topological polar surface area (TPSA) is 22.1 Å². The van der Waals surface area contributed by atoms with E-state index < -0.39 is 0 Å². The first-order chi connectivity index (χ1) is 9.20. The lowest BCUT2D eigenvalue weighted by molar-refractivity contribution is 0.320. The van der Waals surface area contributed by atoms with Crippen molar-refractivity contribution in [2.45, 2.75) is 11.8 Å². The zero-order valence-corrected chi connectivity index (χ0v) is 13.2. The number of ether oxygens (including phenoxy) is 1. The van der Waals surface area contributed by atoms with Crippen molar-refractivity contribution in [1.29, 1.82) is 0 Å². The highest BCUT2D eigenvalue weighted by Gasteiger charge is 2.09. The molecule has 19 heavy (non-hydrogen) atoms. The number of nitrogens with zero attached hydrogens (tertiary/aromatic N) is 1. The van der Waals surface area contributed by atoms with Gasteiger partial charge in [0.1, 0.15) is 5.75 Å². The predicted octanol–water partition coefficient (Wildman–Crippen LogP) is 4.90. The van der Waals surface area contributed by atoms with Gasteiger partial charge in [-0.2, -0.15) is 0 Å². The fourth-order valence-corrected chi connectivity index (χ4v) is 2.70. The third-order valence-electron chi connectivity index (χ3n) is 2.62. The van der Waals surface area contributed by atoms with Gasteiger partial charge in [0.15, 0.2) is 0 Å². The first-order valence-electron chi connectivity index (χ1n) is 5.76. The summed E-state index contributed by atoms with van der Waals surface area (Å²) in [6.45, 7) is 0.561. The van der Waals surface area contributed by atoms with Crippen LogP contribution in [0.15, 0.2) is 36.7 Å². The standard InChI is InChI=1S/C14H12BrCl2NO/c15-9-11-7-12(16)8-13(17)14(11)19-6-3-10-1-4-18-5-2-10/h1-2,4-5,7-8H,3,6,9H2. The van der Waals surface area contributed by atoms with Crippen LogP contribution >= 0.6 is 39.1 Å². The molecule has 1 aromatic carbocycles. The minimum Gasteiger partial charge on any atom is -0.491 e. The molecule has 0 unspecified atom stereocenters. The Hall–Kier alpha value is -0.770. The minimum absolute atomic E-state index is 0.539. The molecule has 0 aliphatic heterocycles. The van der Waals surface area contributed by atoms with Gasteiger partial charge in [-0.1, -0.05) is 39.1 Å². The van der Waals surface area contributed by atoms with Crippen molar-refractivity contribution >= 4 is 39.1 Å². The van der Waals surface area contributed by atoms with E-state index in [1.54, 1.807) is 18.5 Å². The van der Waals surface area contributed by atoms with E-state index in [0.29, 0.717) is 27.7 Å². The monoisotopic (exact) mass is 359 g/mol. The Labute approximate surface area is 130 Å². The van der Waals surface area contributed by atoms with E-state index in [4.69, 9.17) is 27.9 Å². The highest BCUT2D eigenvalue weighted by Crippen LogP contribution is 2.33. The fourth-order valence-electron chi connectivity index (χ4n) is 1.69. The van der Waals surface area contributed by atoms with Crippen LogP contribution in [0.1, 0.15) is 11.1 Å². The van der Waals surface area contributed by atoms with E-state index in [1.807, 2.05) is 18.2 Å². The number of benzene rings is 1. The van der Waals surface area contributed by atoms with Gasteiger partial charge in [-0.3, -0.25) is 4.98 Å². The molecule has 0 saturated heterocycles. The Morgan fingerprint density at radius 3 is 2.58 bits per heavy atom. The van der Waals surface area contributed by atoms with E-state index in [2.05, 4.69) is 20.9 Å². The molecular formula is C14H12BrCl2NO. The summed E-state index contributed by atoms with van der Waals surface area (Å²) in [6.07, 6.45) is 4.35. The Morgan fingerprint density at radius 1 is 1.16 bits per heavy atom. The third kappa shape index (κ3) is 4.10. The van der Waals surface area contributed by atoms with Crippen molar-refractivity contribution in [3.63, 3.8) is 0 Å². The van der Waals surface area contributed by atoms with E-state index in [1.165, 1.54) is 5.56 Å². The molecule has 2 aromatic rings. The number of halogens is 3. The number of alkyl halides is 1. The summed E-state index contributed by atoms with van der Waals surface area (Å²) in [5, 5.41) is 1.80. The quantitative estimate of drug-likeness (QED) is 0.707. The lowest BCUT2D eigenvalue weighted by atomic mass is 10.2. The predicted molar refractivity (Wildman–Crippen MR) is 82.5 cm³/mol. The second kappa shape index (κ2) is 7.13. The van der Waals surface area contributed by atoms with Gasteiger partial charge in [-0.15, -0.1) is 0 Å². The minimum atomic E-state index is 0.539. The summed E-state index contributed by atoms with van der Waals surface area (Å²) in [5.74, 6) is 0.692. The van der Waals surface area contributed by atoms with Crippen LogP contribution in [0.5, 0.6) is 5.75 Å². The normalized spacial score (nSPS) is 10.5. The van der Waals surface area contributed by atoms with E-state index in [9.17, 15) is 0 Å². The van der Waals surface area contributed by atoms with Crippen molar-refractivity contribution in [3.05, 3.63) is 57.8 Å². The Bertz CT molecular complexity index is 549. The van der Waals surface area contributed by atoms with E-state index in [0.717, 1.165) is 12.0 Å². The fraction of sp³-hybridized carbons (Fsp3) is 0.214. The van der Waals surface area contributed by atoms with Gasteiger partial charge in [0.25, 0.3) is 0 Å². The highest BCUT2D eigenvalue weighted by molar-refractivity contribution is 9.08. The second-order valence-corrected chi connectivity index (χ2v) is 5.37. The van der Waals surface area contributed by atoms with Crippen molar-refractivity contribution < 1.29 is 4.74 Å². The smallest absolute Gasteiger partial charge is 0.142 e. The molecule has 1 heterocycles. The van der Waals surface area contributed by atoms with Crippen LogP contribution in [0, 0.1) is 0 Å². The lowest BCUT2D eigenvalue weighted by Gasteiger charge is -2.12. The number of rotatable bonds is 5. The van der Waals surface area contributed by atoms with Crippen LogP contribution in [0.25, 0.3) is 0 Å². The Morgan fingerprint density at radius 2 is 1.89 bits per heavy atom. The molecule has 0 N–H and O–H groups in total. The summed E-state index contributed by atoms with van der Waals surface area (Å²) < 4.78 is 5.78. The van der Waals surface area contributed by atoms with Crippen molar-refractivity contribution in [1.82, 2.24) is 4.98 Å². The number of hydrogen-bond acceptors (Lipinski definition) is 2. The maximum atomic E-state index is 6.15. The van der Waals surface area contributed by atoms with Crippen LogP contribution in [-0.4, -0.2) is 11.6 Å². The van der Waals surface area contributed by atoms with Gasteiger partial charge in [0, 0.05) is 34.7 Å². The molecule has 1 aromatic heterocycles. The Kier molecular flexibility index (Phi) is 5.49. The van der Waals surface area contributed by atoms with Crippen molar-refractivity contribution in [2.24, 2.45) is 0 Å². The van der Waals surface area contributed by atoms with Crippen molar-refractivity contribution in [2.75, 3.05) is 6.61 Å². The van der Waals surface area contributed by atoms with Gasteiger partial charge < -0.3 is 4.74 Å². The largest absolute Gasteiger partial charge is 0.491 e. The summed E-state index contributed by atoms with van der Waals surface area (Å²) in [7, 11) is 0. The zero-order chi connectivity index (χ0) is 13.7. The average Bonchev–Trinajstić information content (AvgIpc) is 2.42. The maximum absolute atomic E-state index is 6.15. The average molecular weight is 361 g/mol. The molecule has 0 spiro atoms. The molecule has 0 atom stereocenters. The van der Waals surface area contributed by atoms with Gasteiger partial charge in [0.2, 0.25) is 0 Å². The van der Waals surface area contributed by atoms with E-state index in [-0.39, 0.29) is 0 Å². The molecule has 0 aliphatic rings. The molecule has 0 saturated carbocycles. The summed E-state index contributed by atoms with van der Waals surface area (Å²) in [4.78, 5) is 3.98. The SMILES string of the molecule is Clc1cc(Cl)c(OCCc2ccncc2)c(CBr)c1. The Balaban J connectivity index is 2.03. The zero-order valence-electron chi connectivity index (χ0n) is 10.1. The van der Waals surface area contributed by atoms with Crippen LogP contribution in [0.3, 0.4) is 0 Å². The molecule has 0 radical (unpaired) electrons. The summed E-state index contributed by atoms with van der Waals surface area (Å²) in [6, 6.07) is 7.48. The number of hydrogen-bond donors (Lipinski definition) is 0.